The molecule has 1 fully saturated rings. The molecule has 1 saturated carbocycles. The molecule has 0 bridgehead atoms. The monoisotopic (exact) mass is 396 g/mol. The Hall–Kier alpha value is -1.82. The van der Waals surface area contributed by atoms with Gasteiger partial charge in [-0.05, 0) is 18.6 Å². The molecular formula is C19H15Cl2FO4. The number of esters is 1. The fourth-order valence-electron chi connectivity index (χ4n) is 2.88. The van der Waals surface area contributed by atoms with Crippen LogP contribution in [0.2, 0.25) is 0 Å². The first-order valence-electron chi connectivity index (χ1n) is 8.13. The summed E-state index contributed by atoms with van der Waals surface area (Å²) in [5.74, 6) is -1.02. The Morgan fingerprint density at radius 2 is 2.00 bits per heavy atom. The van der Waals surface area contributed by atoms with Crippen molar-refractivity contribution in [3.8, 4) is 5.75 Å². The molecule has 0 radical (unpaired) electrons. The second-order valence-electron chi connectivity index (χ2n) is 6.35. The van der Waals surface area contributed by atoms with Gasteiger partial charge in [-0.25, -0.2) is 4.39 Å². The molecule has 0 saturated heterocycles. The van der Waals surface area contributed by atoms with Crippen molar-refractivity contribution in [2.75, 3.05) is 0 Å². The summed E-state index contributed by atoms with van der Waals surface area (Å²) < 4.78 is 29.7. The Morgan fingerprint density at radius 1 is 1.27 bits per heavy atom. The molecule has 1 aliphatic heterocycles. The molecule has 0 N–H and O–H groups in total. The zero-order valence-electron chi connectivity index (χ0n) is 13.6. The third-order valence-corrected chi connectivity index (χ3v) is 5.21. The number of alkyl halides is 2. The lowest BCUT2D eigenvalue weighted by atomic mass is 10.1. The predicted octanol–water partition coefficient (Wildman–Crippen LogP) is 4.67. The number of carbonyl (C=O) groups is 1. The van der Waals surface area contributed by atoms with E-state index in [1.165, 1.54) is 12.1 Å². The minimum atomic E-state index is -1.05. The quantitative estimate of drug-likeness (QED) is 0.556. The highest BCUT2D eigenvalue weighted by Gasteiger charge is 2.57. The molecule has 4 rings (SSSR count). The van der Waals surface area contributed by atoms with Gasteiger partial charge in [-0.2, -0.15) is 0 Å². The van der Waals surface area contributed by atoms with E-state index in [0.29, 0.717) is 23.3 Å². The SMILES string of the molecule is O=C(OCc1cc(F)cc2c1O[C@@H](c1ccccc1)OC2)[C@@H]1CC1(Cl)Cl. The second kappa shape index (κ2) is 6.72. The van der Waals surface area contributed by atoms with Gasteiger partial charge in [0.2, 0.25) is 6.29 Å². The van der Waals surface area contributed by atoms with Crippen LogP contribution in [0, 0.1) is 11.7 Å². The standard InChI is InChI=1S/C19H15Cl2FO4/c20-19(21)8-15(19)17(23)24-9-12-6-14(22)7-13-10-25-18(26-16(12)13)11-4-2-1-3-5-11/h1-7,15,18H,8-10H2/t15-,18-/m0/s1. The number of benzene rings is 2. The first-order valence-corrected chi connectivity index (χ1v) is 8.88. The Labute approximate surface area is 159 Å². The molecule has 2 aromatic carbocycles. The van der Waals surface area contributed by atoms with Crippen LogP contribution in [0.25, 0.3) is 0 Å². The summed E-state index contributed by atoms with van der Waals surface area (Å²) in [5, 5.41) is 0. The molecule has 136 valence electrons. The van der Waals surface area contributed by atoms with E-state index in [1.807, 2.05) is 30.3 Å². The second-order valence-corrected chi connectivity index (χ2v) is 7.89. The van der Waals surface area contributed by atoms with E-state index in [1.54, 1.807) is 0 Å². The Balaban J connectivity index is 1.53. The lowest BCUT2D eigenvalue weighted by molar-refractivity contribution is -0.146. The molecule has 1 heterocycles. The Kier molecular flexibility index (Phi) is 4.55. The fraction of sp³-hybridized carbons (Fsp3) is 0.316. The van der Waals surface area contributed by atoms with Gasteiger partial charge in [0, 0.05) is 16.7 Å². The van der Waals surface area contributed by atoms with Crippen molar-refractivity contribution in [3.63, 3.8) is 0 Å². The fourth-order valence-corrected chi connectivity index (χ4v) is 3.36. The smallest absolute Gasteiger partial charge is 0.312 e. The highest BCUT2D eigenvalue weighted by Crippen LogP contribution is 2.53. The van der Waals surface area contributed by atoms with Gasteiger partial charge in [-0.15, -0.1) is 23.2 Å². The van der Waals surface area contributed by atoms with Crippen LogP contribution in [0.5, 0.6) is 5.75 Å². The number of halogens is 3. The van der Waals surface area contributed by atoms with Gasteiger partial charge in [0.1, 0.15) is 22.5 Å². The predicted molar refractivity (Wildman–Crippen MR) is 93.3 cm³/mol. The molecule has 7 heteroatoms. The van der Waals surface area contributed by atoms with Gasteiger partial charge >= 0.3 is 5.97 Å². The number of hydrogen-bond acceptors (Lipinski definition) is 4. The number of ether oxygens (including phenoxy) is 3. The minimum Gasteiger partial charge on any atom is -0.460 e. The molecule has 2 aromatic rings. The number of fused-ring (bicyclic) bond motifs is 1. The highest BCUT2D eigenvalue weighted by molar-refractivity contribution is 6.52. The van der Waals surface area contributed by atoms with E-state index in [4.69, 9.17) is 37.4 Å². The molecule has 0 amide bonds. The largest absolute Gasteiger partial charge is 0.460 e. The van der Waals surface area contributed by atoms with E-state index in [2.05, 4.69) is 0 Å². The van der Waals surface area contributed by atoms with Crippen LogP contribution in [0.3, 0.4) is 0 Å². The maximum Gasteiger partial charge on any atom is 0.312 e. The summed E-state index contributed by atoms with van der Waals surface area (Å²) >= 11 is 11.7. The van der Waals surface area contributed by atoms with Crippen LogP contribution in [-0.4, -0.2) is 10.3 Å². The molecule has 4 nitrogen and oxygen atoms in total. The maximum absolute atomic E-state index is 13.9. The van der Waals surface area contributed by atoms with Crippen molar-refractivity contribution in [1.29, 1.82) is 0 Å². The normalized spacial score (nSPS) is 22.9. The van der Waals surface area contributed by atoms with Gasteiger partial charge in [0.05, 0.1) is 12.5 Å². The highest BCUT2D eigenvalue weighted by atomic mass is 35.5. The summed E-state index contributed by atoms with van der Waals surface area (Å²) in [7, 11) is 0. The van der Waals surface area contributed by atoms with E-state index < -0.39 is 28.3 Å². The van der Waals surface area contributed by atoms with Crippen molar-refractivity contribution >= 4 is 29.2 Å². The van der Waals surface area contributed by atoms with Crippen LogP contribution >= 0.6 is 23.2 Å². The number of carbonyl (C=O) groups excluding carboxylic acids is 1. The first-order chi connectivity index (χ1) is 12.4. The maximum atomic E-state index is 13.9. The van der Waals surface area contributed by atoms with Crippen molar-refractivity contribution < 1.29 is 23.4 Å². The van der Waals surface area contributed by atoms with E-state index in [0.717, 1.165) is 5.56 Å². The summed E-state index contributed by atoms with van der Waals surface area (Å²) in [6.07, 6.45) is -0.248. The van der Waals surface area contributed by atoms with Gasteiger partial charge in [0.25, 0.3) is 0 Å². The topological polar surface area (TPSA) is 44.8 Å². The van der Waals surface area contributed by atoms with Gasteiger partial charge in [-0.1, -0.05) is 30.3 Å². The van der Waals surface area contributed by atoms with E-state index in [-0.39, 0.29) is 13.2 Å². The summed E-state index contributed by atoms with van der Waals surface area (Å²) in [6.45, 7) is 0.0729. The molecular weight excluding hydrogens is 382 g/mol. The van der Waals surface area contributed by atoms with E-state index in [9.17, 15) is 9.18 Å². The van der Waals surface area contributed by atoms with Gasteiger partial charge in [0.15, 0.2) is 0 Å². The van der Waals surface area contributed by atoms with Gasteiger partial charge in [-0.3, -0.25) is 4.79 Å². The molecule has 2 atom stereocenters. The van der Waals surface area contributed by atoms with Crippen LogP contribution in [0.15, 0.2) is 42.5 Å². The zero-order valence-corrected chi connectivity index (χ0v) is 15.1. The first kappa shape index (κ1) is 17.6. The van der Waals surface area contributed by atoms with Crippen LogP contribution < -0.4 is 4.74 Å². The third-order valence-electron chi connectivity index (χ3n) is 4.37. The lowest BCUT2D eigenvalue weighted by Gasteiger charge is -2.28. The molecule has 0 unspecified atom stereocenters. The van der Waals surface area contributed by atoms with Gasteiger partial charge < -0.3 is 14.2 Å². The number of rotatable bonds is 4. The minimum absolute atomic E-state index is 0.124. The Morgan fingerprint density at radius 3 is 2.69 bits per heavy atom. The number of hydrogen-bond donors (Lipinski definition) is 0. The summed E-state index contributed by atoms with van der Waals surface area (Å²) in [6, 6.07) is 12.1. The Bertz CT molecular complexity index is 841. The van der Waals surface area contributed by atoms with Crippen molar-refractivity contribution in [2.24, 2.45) is 5.92 Å². The van der Waals surface area contributed by atoms with Crippen LogP contribution in [0.4, 0.5) is 4.39 Å². The average Bonchev–Trinajstić information content (AvgIpc) is 3.28. The summed E-state index contributed by atoms with van der Waals surface area (Å²) in [4.78, 5) is 12.0. The lowest BCUT2D eigenvalue weighted by Crippen LogP contribution is -2.20. The molecule has 26 heavy (non-hydrogen) atoms. The molecule has 1 aliphatic carbocycles. The molecule has 0 spiro atoms. The van der Waals surface area contributed by atoms with Crippen molar-refractivity contribution in [1.82, 2.24) is 0 Å². The third kappa shape index (κ3) is 3.52. The van der Waals surface area contributed by atoms with Crippen molar-refractivity contribution in [2.45, 2.75) is 30.3 Å². The van der Waals surface area contributed by atoms with E-state index >= 15 is 0 Å². The molecule has 2 aliphatic rings. The van der Waals surface area contributed by atoms with Crippen LogP contribution in [-0.2, 0) is 27.5 Å². The summed E-state index contributed by atoms with van der Waals surface area (Å²) in [5.41, 5.74) is 1.85. The van der Waals surface area contributed by atoms with Crippen LogP contribution in [0.1, 0.15) is 29.4 Å². The molecule has 0 aromatic heterocycles. The average molecular weight is 397 g/mol. The zero-order chi connectivity index (χ0) is 18.3. The van der Waals surface area contributed by atoms with Crippen molar-refractivity contribution in [3.05, 3.63) is 65.0 Å².